The highest BCUT2D eigenvalue weighted by Gasteiger charge is 1.85. The van der Waals surface area contributed by atoms with Crippen molar-refractivity contribution in [1.82, 2.24) is 0 Å². The van der Waals surface area contributed by atoms with E-state index in [1.54, 1.807) is 0 Å². The van der Waals surface area contributed by atoms with E-state index in [4.69, 9.17) is 0 Å². The van der Waals surface area contributed by atoms with E-state index in [9.17, 15) is 0 Å². The zero-order valence-electron chi connectivity index (χ0n) is 11.7. The minimum atomic E-state index is 1.17. The van der Waals surface area contributed by atoms with Gasteiger partial charge in [0.15, 0.2) is 0 Å². The first-order chi connectivity index (χ1) is 8.41. The van der Waals surface area contributed by atoms with Gasteiger partial charge in [0.1, 0.15) is 0 Å². The van der Waals surface area contributed by atoms with E-state index in [2.05, 4.69) is 37.8 Å². The molecule has 0 aromatic carbocycles. The van der Waals surface area contributed by atoms with E-state index >= 15 is 0 Å². The molecule has 0 heteroatoms. The van der Waals surface area contributed by atoms with Gasteiger partial charge in [0, 0.05) is 0 Å². The van der Waals surface area contributed by atoms with Gasteiger partial charge >= 0.3 is 0 Å². The maximum Gasteiger partial charge on any atom is -0.0348 e. The summed E-state index contributed by atoms with van der Waals surface area (Å²) in [5.74, 6) is 0. The second kappa shape index (κ2) is 15.2. The van der Waals surface area contributed by atoms with Crippen molar-refractivity contribution in [3.05, 3.63) is 37.0 Å². The van der Waals surface area contributed by atoms with Crippen LogP contribution in [0.5, 0.6) is 0 Å². The second-order valence-corrected chi connectivity index (χ2v) is 4.63. The molecule has 0 radical (unpaired) electrons. The smallest absolute Gasteiger partial charge is 0.0348 e. The topological polar surface area (TPSA) is 0 Å². The third kappa shape index (κ3) is 15.2. The van der Waals surface area contributed by atoms with E-state index in [0.717, 1.165) is 0 Å². The molecule has 0 aromatic heterocycles. The summed E-state index contributed by atoms with van der Waals surface area (Å²) in [6.07, 6.45) is 24.0. The molecular formula is C17H30. The fraction of sp³-hybridized carbons (Fsp3) is 0.647. The quantitative estimate of drug-likeness (QED) is 0.214. The predicted molar refractivity (Wildman–Crippen MR) is 80.3 cm³/mol. The number of hydrogen-bond donors (Lipinski definition) is 0. The van der Waals surface area contributed by atoms with Crippen LogP contribution in [0.3, 0.4) is 0 Å². The largest absolute Gasteiger partial charge is 0.103 e. The van der Waals surface area contributed by atoms with Crippen LogP contribution in [0, 0.1) is 0 Å². The third-order valence-corrected chi connectivity index (χ3v) is 2.89. The molecule has 0 aromatic rings. The zero-order valence-corrected chi connectivity index (χ0v) is 11.7. The van der Waals surface area contributed by atoms with Crippen LogP contribution < -0.4 is 0 Å². The van der Waals surface area contributed by atoms with Crippen molar-refractivity contribution < 1.29 is 0 Å². The lowest BCUT2D eigenvalue weighted by molar-refractivity contribution is 0.674. The van der Waals surface area contributed by atoms with Crippen molar-refractivity contribution >= 4 is 0 Å². The van der Waals surface area contributed by atoms with Gasteiger partial charge in [0.2, 0.25) is 0 Å². The van der Waals surface area contributed by atoms with Gasteiger partial charge in [-0.25, -0.2) is 0 Å². The van der Waals surface area contributed by atoms with Crippen LogP contribution in [-0.2, 0) is 0 Å². The maximum absolute atomic E-state index is 3.73. The van der Waals surface area contributed by atoms with E-state index in [0.29, 0.717) is 0 Å². The van der Waals surface area contributed by atoms with Crippen LogP contribution in [0.1, 0.15) is 71.1 Å². The fourth-order valence-electron chi connectivity index (χ4n) is 1.77. The predicted octanol–water partition coefficient (Wildman–Crippen LogP) is 6.21. The monoisotopic (exact) mass is 234 g/mol. The Bertz CT molecular complexity index is 198. The minimum Gasteiger partial charge on any atom is -0.103 e. The molecule has 0 aliphatic rings. The van der Waals surface area contributed by atoms with Crippen LogP contribution in [0.4, 0.5) is 0 Å². The van der Waals surface area contributed by atoms with E-state index < -0.39 is 0 Å². The Morgan fingerprint density at radius 1 is 0.706 bits per heavy atom. The van der Waals surface area contributed by atoms with E-state index in [1.165, 1.54) is 64.2 Å². The molecule has 0 spiro atoms. The molecule has 0 saturated carbocycles. The number of unbranched alkanes of at least 4 members (excludes halogenated alkanes) is 8. The Kier molecular flexibility index (Phi) is 14.5. The lowest BCUT2D eigenvalue weighted by Gasteiger charge is -1.94. The fourth-order valence-corrected chi connectivity index (χ4v) is 1.77. The Morgan fingerprint density at radius 2 is 1.24 bits per heavy atom. The molecule has 0 unspecified atom stereocenters. The van der Waals surface area contributed by atoms with Gasteiger partial charge in [0.25, 0.3) is 0 Å². The van der Waals surface area contributed by atoms with Crippen LogP contribution in [-0.4, -0.2) is 0 Å². The first-order valence-corrected chi connectivity index (χ1v) is 7.34. The Balaban J connectivity index is 3.17. The van der Waals surface area contributed by atoms with Crippen molar-refractivity contribution in [2.45, 2.75) is 71.1 Å². The molecule has 0 N–H and O–H groups in total. The molecule has 0 fully saturated rings. The standard InChI is InChI=1S/C17H30/c1-3-5-7-9-11-13-15-17-16-14-12-10-8-6-4-2/h3,14-17H,1,4-13H2,2H3/b16-14+,17-15+. The Labute approximate surface area is 109 Å². The highest BCUT2D eigenvalue weighted by molar-refractivity contribution is 5.02. The average Bonchev–Trinajstić information content (AvgIpc) is 2.35. The van der Waals surface area contributed by atoms with E-state index in [1.807, 2.05) is 6.08 Å². The van der Waals surface area contributed by atoms with E-state index in [-0.39, 0.29) is 0 Å². The summed E-state index contributed by atoms with van der Waals surface area (Å²) in [5, 5.41) is 0. The van der Waals surface area contributed by atoms with Crippen molar-refractivity contribution in [3.63, 3.8) is 0 Å². The minimum absolute atomic E-state index is 1.17. The maximum atomic E-state index is 3.73. The lowest BCUT2D eigenvalue weighted by Crippen LogP contribution is -1.74. The van der Waals surface area contributed by atoms with Gasteiger partial charge in [-0.05, 0) is 38.5 Å². The zero-order chi connectivity index (χ0) is 12.6. The molecule has 0 rings (SSSR count). The van der Waals surface area contributed by atoms with Gasteiger partial charge in [-0.1, -0.05) is 63.0 Å². The normalized spacial score (nSPS) is 11.6. The first kappa shape index (κ1) is 16.2. The lowest BCUT2D eigenvalue weighted by atomic mass is 10.1. The molecule has 0 aliphatic carbocycles. The van der Waals surface area contributed by atoms with Crippen LogP contribution in [0.25, 0.3) is 0 Å². The number of hydrogen-bond acceptors (Lipinski definition) is 0. The van der Waals surface area contributed by atoms with Crippen molar-refractivity contribution in [2.75, 3.05) is 0 Å². The molecule has 0 heterocycles. The molecular weight excluding hydrogens is 204 g/mol. The SMILES string of the molecule is C=CCCCCC/C=C/C=C/CCCCCC. The molecule has 0 bridgehead atoms. The van der Waals surface area contributed by atoms with Crippen molar-refractivity contribution in [1.29, 1.82) is 0 Å². The van der Waals surface area contributed by atoms with Crippen molar-refractivity contribution in [3.8, 4) is 0 Å². The van der Waals surface area contributed by atoms with Gasteiger partial charge in [-0.3, -0.25) is 0 Å². The molecule has 0 aliphatic heterocycles. The summed E-state index contributed by atoms with van der Waals surface area (Å²) in [6.45, 7) is 5.99. The molecule has 0 atom stereocenters. The summed E-state index contributed by atoms with van der Waals surface area (Å²) in [6, 6.07) is 0. The van der Waals surface area contributed by atoms with Crippen LogP contribution in [0.15, 0.2) is 37.0 Å². The highest BCUT2D eigenvalue weighted by Crippen LogP contribution is 2.05. The van der Waals surface area contributed by atoms with Gasteiger partial charge in [-0.2, -0.15) is 0 Å². The molecule has 98 valence electrons. The second-order valence-electron chi connectivity index (χ2n) is 4.63. The molecule has 0 nitrogen and oxygen atoms in total. The highest BCUT2D eigenvalue weighted by atomic mass is 13.9. The number of allylic oxidation sites excluding steroid dienone is 5. The molecule has 0 saturated heterocycles. The Hall–Kier alpha value is -0.780. The first-order valence-electron chi connectivity index (χ1n) is 7.34. The third-order valence-electron chi connectivity index (χ3n) is 2.89. The van der Waals surface area contributed by atoms with Gasteiger partial charge < -0.3 is 0 Å². The summed E-state index contributed by atoms with van der Waals surface area (Å²) in [7, 11) is 0. The summed E-state index contributed by atoms with van der Waals surface area (Å²) in [4.78, 5) is 0. The van der Waals surface area contributed by atoms with Gasteiger partial charge in [-0.15, -0.1) is 6.58 Å². The Morgan fingerprint density at radius 3 is 1.76 bits per heavy atom. The molecule has 17 heavy (non-hydrogen) atoms. The summed E-state index contributed by atoms with van der Waals surface area (Å²) < 4.78 is 0. The molecule has 0 amide bonds. The number of rotatable bonds is 12. The van der Waals surface area contributed by atoms with Crippen LogP contribution >= 0.6 is 0 Å². The summed E-state index contributed by atoms with van der Waals surface area (Å²) in [5.41, 5.74) is 0. The van der Waals surface area contributed by atoms with Gasteiger partial charge in [0.05, 0.1) is 0 Å². The average molecular weight is 234 g/mol. The van der Waals surface area contributed by atoms with Crippen molar-refractivity contribution in [2.24, 2.45) is 0 Å². The summed E-state index contributed by atoms with van der Waals surface area (Å²) >= 11 is 0. The van der Waals surface area contributed by atoms with Crippen LogP contribution in [0.2, 0.25) is 0 Å².